The molecular formula is C37H41ClN2O5S. The highest BCUT2D eigenvalue weighted by atomic mass is 35.5. The smallest absolute Gasteiger partial charge is 0.266 e. The van der Waals surface area contributed by atoms with Crippen molar-refractivity contribution in [2.45, 2.75) is 40.5 Å². The number of rotatable bonds is 11. The molecule has 1 aliphatic rings. The van der Waals surface area contributed by atoms with Crippen molar-refractivity contribution in [3.63, 3.8) is 0 Å². The first-order chi connectivity index (χ1) is 21.7. The Hall–Kier alpha value is -3.98. The first-order valence-electron chi connectivity index (χ1n) is 15.2. The molecule has 0 aromatic heterocycles. The van der Waals surface area contributed by atoms with Gasteiger partial charge in [-0.3, -0.25) is 14.1 Å². The molecule has 2 atom stereocenters. The lowest BCUT2D eigenvalue weighted by Crippen LogP contribution is -2.31. The Bertz CT molecular complexity index is 1750. The van der Waals surface area contributed by atoms with Crippen LogP contribution >= 0.6 is 11.6 Å². The molecule has 0 radical (unpaired) electrons. The van der Waals surface area contributed by atoms with Gasteiger partial charge in [0.05, 0.1) is 5.75 Å². The van der Waals surface area contributed by atoms with E-state index in [0.717, 1.165) is 27.8 Å². The van der Waals surface area contributed by atoms with Crippen LogP contribution in [0.5, 0.6) is 0 Å². The van der Waals surface area contributed by atoms with Crippen molar-refractivity contribution >= 4 is 39.2 Å². The molecule has 1 aliphatic carbocycles. The first-order valence-corrected chi connectivity index (χ1v) is 17.2. The molecule has 3 aromatic rings. The summed E-state index contributed by atoms with van der Waals surface area (Å²) in [5.74, 6) is -1.52. The second-order valence-electron chi connectivity index (χ2n) is 12.7. The molecule has 0 spiro atoms. The van der Waals surface area contributed by atoms with Crippen molar-refractivity contribution in [3.05, 3.63) is 124 Å². The van der Waals surface area contributed by atoms with Gasteiger partial charge in [0.25, 0.3) is 16.0 Å². The number of halogens is 1. The van der Waals surface area contributed by atoms with Gasteiger partial charge in [-0.1, -0.05) is 93.1 Å². The molecule has 3 aromatic carbocycles. The molecule has 1 unspecified atom stereocenters. The van der Waals surface area contributed by atoms with Gasteiger partial charge in [-0.2, -0.15) is 8.42 Å². The molecule has 0 saturated heterocycles. The normalized spacial score (nSPS) is 15.8. The van der Waals surface area contributed by atoms with E-state index in [1.54, 1.807) is 24.3 Å². The van der Waals surface area contributed by atoms with Gasteiger partial charge < -0.3 is 10.6 Å². The molecule has 0 saturated carbocycles. The lowest BCUT2D eigenvalue weighted by atomic mass is 9.80. The van der Waals surface area contributed by atoms with Gasteiger partial charge in [-0.05, 0) is 95.3 Å². The Morgan fingerprint density at radius 3 is 2.33 bits per heavy atom. The van der Waals surface area contributed by atoms with E-state index in [1.165, 1.54) is 0 Å². The first kappa shape index (κ1) is 34.9. The van der Waals surface area contributed by atoms with E-state index in [-0.39, 0.29) is 29.7 Å². The van der Waals surface area contributed by atoms with Crippen molar-refractivity contribution in [3.8, 4) is 11.1 Å². The fourth-order valence-electron chi connectivity index (χ4n) is 5.22. The van der Waals surface area contributed by atoms with Crippen molar-refractivity contribution < 1.29 is 22.6 Å². The van der Waals surface area contributed by atoms with Gasteiger partial charge in [0.1, 0.15) is 0 Å². The number of hydrogen-bond donors (Lipinski definition) is 3. The number of carbonyl (C=O) groups is 2. The minimum atomic E-state index is -4.17. The third-order valence-corrected chi connectivity index (χ3v) is 8.72. The minimum absolute atomic E-state index is 0.0359. The molecule has 0 heterocycles. The van der Waals surface area contributed by atoms with Crippen LogP contribution in [0.25, 0.3) is 11.1 Å². The van der Waals surface area contributed by atoms with Crippen LogP contribution in [-0.2, 0) is 21.3 Å². The van der Waals surface area contributed by atoms with Crippen molar-refractivity contribution in [1.82, 2.24) is 5.32 Å². The maximum absolute atomic E-state index is 13.8. The van der Waals surface area contributed by atoms with Gasteiger partial charge in [-0.15, -0.1) is 0 Å². The second-order valence-corrected chi connectivity index (χ2v) is 14.7. The van der Waals surface area contributed by atoms with E-state index in [9.17, 15) is 18.0 Å². The highest BCUT2D eigenvalue weighted by molar-refractivity contribution is 7.85. The Balaban J connectivity index is 1.50. The zero-order valence-corrected chi connectivity index (χ0v) is 28.2. The van der Waals surface area contributed by atoms with Gasteiger partial charge in [0, 0.05) is 28.7 Å². The summed E-state index contributed by atoms with van der Waals surface area (Å²) in [4.78, 5) is 26.3. The highest BCUT2D eigenvalue weighted by Gasteiger charge is 2.28. The van der Waals surface area contributed by atoms with Crippen LogP contribution in [0.2, 0.25) is 5.02 Å². The topological polar surface area (TPSA) is 113 Å². The molecule has 0 fully saturated rings. The van der Waals surface area contributed by atoms with Crippen molar-refractivity contribution in [2.75, 3.05) is 17.6 Å². The summed E-state index contributed by atoms with van der Waals surface area (Å²) in [6.07, 6.45) is 11.8. The van der Waals surface area contributed by atoms with Crippen LogP contribution < -0.4 is 10.6 Å². The molecule has 2 amide bonds. The molecule has 242 valence electrons. The minimum Gasteiger partial charge on any atom is -0.351 e. The predicted octanol–water partition coefficient (Wildman–Crippen LogP) is 7.84. The zero-order valence-electron chi connectivity index (χ0n) is 26.6. The summed E-state index contributed by atoms with van der Waals surface area (Å²) in [7, 11) is -4.17. The number of anilines is 1. The Labute approximate surface area is 277 Å². The standard InChI is InChI=1S/C37H41ClN2O5S/c1-25-23-31(38)15-18-33(25)28-13-16-32(17-14-28)40-36(42)34(29-9-5-26(6-10-29)19-20-37(2,3)4)24-27-7-11-30(12-8-27)35(41)39-21-22-46(43,44)45/h5-9,11-20,23,29,34H,10,21-22,24H2,1-4H3,(H,39,41)(H,40,42)(H,43,44,45)/b20-19+/t29?,34-/m1/s1. The van der Waals surface area contributed by atoms with Gasteiger partial charge in [0.2, 0.25) is 5.91 Å². The number of hydrogen-bond acceptors (Lipinski definition) is 4. The number of amides is 2. The number of benzene rings is 3. The average molecular weight is 661 g/mol. The third-order valence-electron chi connectivity index (χ3n) is 7.76. The lowest BCUT2D eigenvalue weighted by Gasteiger charge is -2.26. The average Bonchev–Trinajstić information content (AvgIpc) is 2.99. The molecule has 0 aliphatic heterocycles. The molecule has 4 rings (SSSR count). The van der Waals surface area contributed by atoms with Crippen LogP contribution in [0.15, 0.2) is 103 Å². The summed E-state index contributed by atoms with van der Waals surface area (Å²) in [5.41, 5.74) is 6.29. The molecule has 7 nitrogen and oxygen atoms in total. The van der Waals surface area contributed by atoms with Crippen LogP contribution in [0.3, 0.4) is 0 Å². The summed E-state index contributed by atoms with van der Waals surface area (Å²) in [6, 6.07) is 20.5. The number of nitrogens with one attached hydrogen (secondary N) is 2. The Morgan fingerprint density at radius 1 is 1.04 bits per heavy atom. The third kappa shape index (κ3) is 10.5. The van der Waals surface area contributed by atoms with Crippen LogP contribution in [0, 0.1) is 24.2 Å². The second kappa shape index (κ2) is 15.1. The van der Waals surface area contributed by atoms with Crippen molar-refractivity contribution in [2.24, 2.45) is 17.3 Å². The summed E-state index contributed by atoms with van der Waals surface area (Å²) in [6.45, 7) is 8.27. The van der Waals surface area contributed by atoms with E-state index < -0.39 is 21.8 Å². The number of allylic oxidation sites excluding steroid dienone is 6. The van der Waals surface area contributed by atoms with Crippen LogP contribution in [-0.4, -0.2) is 37.1 Å². The molecule has 0 bridgehead atoms. The molecule has 46 heavy (non-hydrogen) atoms. The zero-order chi connectivity index (χ0) is 33.5. The molecule has 9 heteroatoms. The van der Waals surface area contributed by atoms with E-state index in [4.69, 9.17) is 16.2 Å². The number of aryl methyl sites for hydroxylation is 1. The Morgan fingerprint density at radius 2 is 1.74 bits per heavy atom. The Kier molecular flexibility index (Phi) is 11.4. The van der Waals surface area contributed by atoms with E-state index in [1.807, 2.05) is 49.4 Å². The molecule has 3 N–H and O–H groups in total. The lowest BCUT2D eigenvalue weighted by molar-refractivity contribution is -0.121. The predicted molar refractivity (Wildman–Crippen MR) is 187 cm³/mol. The maximum Gasteiger partial charge on any atom is 0.266 e. The number of carbonyl (C=O) groups excluding carboxylic acids is 2. The van der Waals surface area contributed by atoms with E-state index >= 15 is 0 Å². The SMILES string of the molecule is Cc1cc(Cl)ccc1-c1ccc(NC(=O)[C@H](Cc2ccc(C(=O)NCCS(=O)(=O)O)cc2)C2C=CC(/C=C/C(C)(C)C)=CC2)cc1. The summed E-state index contributed by atoms with van der Waals surface area (Å²) in [5, 5.41) is 6.30. The summed E-state index contributed by atoms with van der Waals surface area (Å²) >= 11 is 6.13. The maximum atomic E-state index is 13.8. The van der Waals surface area contributed by atoms with Gasteiger partial charge in [-0.25, -0.2) is 0 Å². The van der Waals surface area contributed by atoms with E-state index in [2.05, 4.69) is 61.8 Å². The highest BCUT2D eigenvalue weighted by Crippen LogP contribution is 2.31. The fraction of sp³-hybridized carbons (Fsp3) is 0.297. The van der Waals surface area contributed by atoms with Crippen LogP contribution in [0.4, 0.5) is 5.69 Å². The summed E-state index contributed by atoms with van der Waals surface area (Å²) < 4.78 is 30.8. The fourth-order valence-corrected chi connectivity index (χ4v) is 5.81. The molecular weight excluding hydrogens is 620 g/mol. The van der Waals surface area contributed by atoms with Gasteiger partial charge >= 0.3 is 0 Å². The monoisotopic (exact) mass is 660 g/mol. The van der Waals surface area contributed by atoms with Gasteiger partial charge in [0.15, 0.2) is 0 Å². The van der Waals surface area contributed by atoms with Crippen molar-refractivity contribution in [1.29, 1.82) is 0 Å². The quantitative estimate of drug-likeness (QED) is 0.181. The largest absolute Gasteiger partial charge is 0.351 e. The van der Waals surface area contributed by atoms with Crippen LogP contribution in [0.1, 0.15) is 48.7 Å². The van der Waals surface area contributed by atoms with E-state index in [0.29, 0.717) is 29.1 Å².